The normalized spacial score (nSPS) is 23.7. The molecule has 0 amide bonds. The zero-order valence-corrected chi connectivity index (χ0v) is 17.9. The SMILES string of the molecule is C[NH+]1CC(=Cc2ccccc2)C2=NN(c3ccc([N+](=O)[O-])cc3)C(c3ccccc3)C2C1. The van der Waals surface area contributed by atoms with Gasteiger partial charge in [0.2, 0.25) is 0 Å². The topological polar surface area (TPSA) is 63.2 Å². The number of piperidine rings is 1. The Morgan fingerprint density at radius 3 is 2.31 bits per heavy atom. The first-order valence-corrected chi connectivity index (χ1v) is 10.8. The number of benzene rings is 3. The molecule has 6 nitrogen and oxygen atoms in total. The molecule has 0 saturated carbocycles. The summed E-state index contributed by atoms with van der Waals surface area (Å²) in [6.45, 7) is 1.90. The smallest absolute Gasteiger partial charge is 0.269 e. The van der Waals surface area contributed by atoms with Crippen molar-refractivity contribution >= 4 is 23.2 Å². The highest BCUT2D eigenvalue weighted by molar-refractivity contribution is 6.08. The van der Waals surface area contributed by atoms with Crippen molar-refractivity contribution in [3.05, 3.63) is 112 Å². The fraction of sp³-hybridized carbons (Fsp3) is 0.192. The second-order valence-electron chi connectivity index (χ2n) is 8.48. The van der Waals surface area contributed by atoms with Crippen LogP contribution in [-0.4, -0.2) is 30.8 Å². The van der Waals surface area contributed by atoms with Gasteiger partial charge in [-0.25, -0.2) is 0 Å². The number of likely N-dealkylation sites (N-methyl/N-ethyl adjacent to an activating group) is 1. The molecule has 3 unspecified atom stereocenters. The minimum atomic E-state index is -0.368. The summed E-state index contributed by atoms with van der Waals surface area (Å²) < 4.78 is 0. The summed E-state index contributed by atoms with van der Waals surface area (Å²) in [7, 11) is 2.23. The molecule has 0 aromatic heterocycles. The van der Waals surface area contributed by atoms with Crippen LogP contribution in [0.15, 0.2) is 95.6 Å². The molecule has 3 aromatic rings. The molecule has 6 heteroatoms. The molecule has 3 aromatic carbocycles. The Labute approximate surface area is 187 Å². The fourth-order valence-corrected chi connectivity index (χ4v) is 4.79. The number of fused-ring (bicyclic) bond motifs is 1. The van der Waals surface area contributed by atoms with E-state index < -0.39 is 0 Å². The van der Waals surface area contributed by atoms with Crippen molar-refractivity contribution in [3.63, 3.8) is 0 Å². The Balaban J connectivity index is 1.60. The van der Waals surface area contributed by atoms with E-state index in [0.29, 0.717) is 0 Å². The first-order valence-electron chi connectivity index (χ1n) is 10.8. The Bertz CT molecular complexity index is 1170. The van der Waals surface area contributed by atoms with Crippen molar-refractivity contribution in [1.29, 1.82) is 0 Å². The predicted molar refractivity (Wildman–Crippen MR) is 127 cm³/mol. The van der Waals surface area contributed by atoms with Gasteiger partial charge in [-0.15, -0.1) is 0 Å². The number of nitro groups is 1. The lowest BCUT2D eigenvalue weighted by Gasteiger charge is -2.32. The van der Waals surface area contributed by atoms with Crippen molar-refractivity contribution in [1.82, 2.24) is 0 Å². The summed E-state index contributed by atoms with van der Waals surface area (Å²) in [5.41, 5.74) is 5.68. The number of quaternary nitrogens is 1. The second-order valence-corrected chi connectivity index (χ2v) is 8.48. The number of nitrogens with one attached hydrogen (secondary N) is 1. The standard InChI is InChI=1S/C26H24N4O2/c1-28-17-21(16-19-8-4-2-5-9-19)25-24(18-28)26(20-10-6-3-7-11-20)29(27-25)22-12-14-23(15-13-22)30(31)32/h2-16,24,26H,17-18H2,1H3/p+1. The van der Waals surface area contributed by atoms with E-state index in [1.807, 2.05) is 12.1 Å². The number of hydrogen-bond donors (Lipinski definition) is 1. The van der Waals surface area contributed by atoms with Gasteiger partial charge in [-0.3, -0.25) is 15.1 Å². The summed E-state index contributed by atoms with van der Waals surface area (Å²) >= 11 is 0. The third-order valence-corrected chi connectivity index (χ3v) is 6.21. The summed E-state index contributed by atoms with van der Waals surface area (Å²) in [5, 5.41) is 18.3. The van der Waals surface area contributed by atoms with Crippen molar-refractivity contribution in [2.75, 3.05) is 25.1 Å². The number of nitrogens with zero attached hydrogens (tertiary/aromatic N) is 3. The maximum atomic E-state index is 11.1. The van der Waals surface area contributed by atoms with E-state index in [4.69, 9.17) is 5.10 Å². The molecule has 1 N–H and O–H groups in total. The number of non-ortho nitro benzene ring substituents is 1. The molecule has 2 aliphatic heterocycles. The largest absolute Gasteiger partial charge is 0.333 e. The molecule has 160 valence electrons. The molecule has 0 bridgehead atoms. The van der Waals surface area contributed by atoms with Crippen LogP contribution in [0.2, 0.25) is 0 Å². The van der Waals surface area contributed by atoms with Crippen LogP contribution in [0.25, 0.3) is 6.08 Å². The molecule has 3 atom stereocenters. The summed E-state index contributed by atoms with van der Waals surface area (Å²) in [4.78, 5) is 12.2. The molecule has 32 heavy (non-hydrogen) atoms. The first kappa shape index (κ1) is 20.2. The van der Waals surface area contributed by atoms with Gasteiger partial charge in [-0.2, -0.15) is 5.10 Å². The van der Waals surface area contributed by atoms with Crippen LogP contribution in [0.3, 0.4) is 0 Å². The molecule has 5 rings (SSSR count). The Morgan fingerprint density at radius 2 is 1.66 bits per heavy atom. The average Bonchev–Trinajstić information content (AvgIpc) is 3.20. The van der Waals surface area contributed by atoms with Crippen LogP contribution in [0, 0.1) is 16.0 Å². The van der Waals surface area contributed by atoms with E-state index >= 15 is 0 Å². The van der Waals surface area contributed by atoms with Gasteiger partial charge in [0, 0.05) is 17.7 Å². The van der Waals surface area contributed by atoms with E-state index in [1.54, 1.807) is 24.3 Å². The Kier molecular flexibility index (Phi) is 5.29. The van der Waals surface area contributed by atoms with Crippen LogP contribution >= 0.6 is 0 Å². The summed E-state index contributed by atoms with van der Waals surface area (Å²) in [5.74, 6) is 0.233. The highest BCUT2D eigenvalue weighted by Gasteiger charge is 2.45. The number of nitro benzene ring substituents is 1. The van der Waals surface area contributed by atoms with Gasteiger partial charge >= 0.3 is 0 Å². The zero-order chi connectivity index (χ0) is 22.1. The van der Waals surface area contributed by atoms with Crippen LogP contribution in [0.4, 0.5) is 11.4 Å². The van der Waals surface area contributed by atoms with E-state index in [2.05, 4.69) is 66.7 Å². The second kappa shape index (κ2) is 8.40. The van der Waals surface area contributed by atoms with Gasteiger partial charge < -0.3 is 4.90 Å². The zero-order valence-electron chi connectivity index (χ0n) is 17.9. The average molecular weight is 426 g/mol. The van der Waals surface area contributed by atoms with Crippen LogP contribution in [0.1, 0.15) is 17.2 Å². The quantitative estimate of drug-likeness (QED) is 0.512. The molecule has 1 fully saturated rings. The third-order valence-electron chi connectivity index (χ3n) is 6.21. The number of hydrogen-bond acceptors (Lipinski definition) is 4. The molecular formula is C26H25N4O2+. The van der Waals surface area contributed by atoms with Crippen LogP contribution in [-0.2, 0) is 0 Å². The van der Waals surface area contributed by atoms with Crippen LogP contribution in [0.5, 0.6) is 0 Å². The van der Waals surface area contributed by atoms with Gasteiger partial charge in [0.25, 0.3) is 5.69 Å². The molecular weight excluding hydrogens is 400 g/mol. The lowest BCUT2D eigenvalue weighted by Crippen LogP contribution is -3.11. The molecule has 2 aliphatic rings. The lowest BCUT2D eigenvalue weighted by molar-refractivity contribution is -0.878. The number of likely N-dealkylation sites (tertiary alicyclic amines) is 1. The molecule has 0 aliphatic carbocycles. The predicted octanol–water partition coefficient (Wildman–Crippen LogP) is 3.74. The van der Waals surface area contributed by atoms with Crippen molar-refractivity contribution in [3.8, 4) is 0 Å². The fourth-order valence-electron chi connectivity index (χ4n) is 4.79. The molecule has 2 heterocycles. The monoisotopic (exact) mass is 425 g/mol. The number of rotatable bonds is 4. The minimum absolute atomic E-state index is 0.0436. The first-order chi connectivity index (χ1) is 15.6. The highest BCUT2D eigenvalue weighted by Crippen LogP contribution is 2.41. The number of hydrazone groups is 1. The minimum Gasteiger partial charge on any atom is -0.333 e. The van der Waals surface area contributed by atoms with Gasteiger partial charge in [0.05, 0.1) is 41.9 Å². The maximum absolute atomic E-state index is 11.1. The van der Waals surface area contributed by atoms with E-state index in [9.17, 15) is 10.1 Å². The van der Waals surface area contributed by atoms with Crippen molar-refractivity contribution < 1.29 is 9.82 Å². The van der Waals surface area contributed by atoms with E-state index in [1.165, 1.54) is 21.6 Å². The lowest BCUT2D eigenvalue weighted by atomic mass is 9.83. The summed E-state index contributed by atoms with van der Waals surface area (Å²) in [6.07, 6.45) is 2.25. The van der Waals surface area contributed by atoms with Gasteiger partial charge in [-0.1, -0.05) is 60.7 Å². The van der Waals surface area contributed by atoms with E-state index in [0.717, 1.165) is 24.5 Å². The van der Waals surface area contributed by atoms with E-state index in [-0.39, 0.29) is 22.6 Å². The van der Waals surface area contributed by atoms with Crippen LogP contribution < -0.4 is 9.91 Å². The number of anilines is 1. The maximum Gasteiger partial charge on any atom is 0.269 e. The molecule has 0 spiro atoms. The third kappa shape index (κ3) is 3.81. The molecule has 0 radical (unpaired) electrons. The summed E-state index contributed by atoms with van der Waals surface area (Å²) in [6, 6.07) is 27.5. The van der Waals surface area contributed by atoms with Gasteiger partial charge in [0.1, 0.15) is 6.54 Å². The van der Waals surface area contributed by atoms with Crippen molar-refractivity contribution in [2.24, 2.45) is 11.0 Å². The van der Waals surface area contributed by atoms with Crippen molar-refractivity contribution in [2.45, 2.75) is 6.04 Å². The Morgan fingerprint density at radius 1 is 1.00 bits per heavy atom. The van der Waals surface area contributed by atoms with Gasteiger partial charge in [-0.05, 0) is 29.3 Å². The Hall–Kier alpha value is -3.77. The molecule has 1 saturated heterocycles. The van der Waals surface area contributed by atoms with Gasteiger partial charge in [0.15, 0.2) is 0 Å². The highest BCUT2D eigenvalue weighted by atomic mass is 16.6.